The van der Waals surface area contributed by atoms with E-state index in [1.165, 1.54) is 18.1 Å². The Morgan fingerprint density at radius 2 is 1.22 bits per heavy atom. The van der Waals surface area contributed by atoms with Crippen molar-refractivity contribution >= 4 is 0 Å². The summed E-state index contributed by atoms with van der Waals surface area (Å²) < 4.78 is 55.0. The van der Waals surface area contributed by atoms with Crippen molar-refractivity contribution in [3.8, 4) is 0 Å². The van der Waals surface area contributed by atoms with Crippen LogP contribution in [0.5, 0.6) is 0 Å². The van der Waals surface area contributed by atoms with Crippen LogP contribution in [-0.4, -0.2) is 228 Å². The predicted octanol–water partition coefficient (Wildman–Crippen LogP) is -2.06. The van der Waals surface area contributed by atoms with Crippen molar-refractivity contribution in [1.29, 1.82) is 0 Å². The van der Waals surface area contributed by atoms with Gasteiger partial charge in [-0.1, -0.05) is 32.4 Å². The highest BCUT2D eigenvalue weighted by Gasteiger charge is 2.64. The van der Waals surface area contributed by atoms with Crippen LogP contribution >= 0.6 is 0 Å². The Hall–Kier alpha value is -1.56. The summed E-state index contributed by atoms with van der Waals surface area (Å²) in [7, 11) is 0. The molecule has 4 saturated heterocycles. The van der Waals surface area contributed by atoms with Crippen molar-refractivity contribution < 1.29 is 109 Å². The molecule has 5 aliphatic heterocycles. The molecule has 73 heavy (non-hydrogen) atoms. The molecule has 29 atom stereocenters. The van der Waals surface area contributed by atoms with E-state index in [9.17, 15) is 66.4 Å². The van der Waals surface area contributed by atoms with Gasteiger partial charge in [-0.2, -0.15) is 0 Å². The van der Waals surface area contributed by atoms with Gasteiger partial charge in [-0.15, -0.1) is 0 Å². The van der Waals surface area contributed by atoms with Gasteiger partial charge in [0.2, 0.25) is 0 Å². The molecule has 0 aromatic rings. The quantitative estimate of drug-likeness (QED) is 0.0785. The van der Waals surface area contributed by atoms with Crippen LogP contribution in [0.15, 0.2) is 23.0 Å². The first-order valence-electron chi connectivity index (χ1n) is 26.5. The van der Waals surface area contributed by atoms with E-state index in [4.69, 9.17) is 42.6 Å². The molecule has 4 aliphatic carbocycles. The van der Waals surface area contributed by atoms with Crippen molar-refractivity contribution in [2.75, 3.05) is 26.4 Å². The number of ether oxygens (including phenoxy) is 9. The summed E-state index contributed by atoms with van der Waals surface area (Å²) in [6.45, 7) is 8.79. The normalized spacial score (nSPS) is 52.4. The largest absolute Gasteiger partial charge is 0.494 e. The molecule has 9 aliphatic rings. The maximum absolute atomic E-state index is 11.6. The molecule has 5 heterocycles. The van der Waals surface area contributed by atoms with Crippen molar-refractivity contribution in [2.45, 2.75) is 227 Å². The second kappa shape index (κ2) is 22.3. The third kappa shape index (κ3) is 10.2. The molecule has 22 nitrogen and oxygen atoms in total. The topological polar surface area (TPSA) is 346 Å². The molecule has 13 N–H and O–H groups in total. The average molecular weight is 1050 g/mol. The number of fused-ring (bicyclic) bond motifs is 7. The lowest BCUT2D eigenvalue weighted by atomic mass is 9.47. The molecule has 418 valence electrons. The van der Waals surface area contributed by atoms with Crippen LogP contribution in [0, 0.1) is 40.4 Å². The highest BCUT2D eigenvalue weighted by molar-refractivity contribution is 5.30. The molecular weight excluding hydrogens is 965 g/mol. The molecule has 3 saturated carbocycles. The van der Waals surface area contributed by atoms with Crippen molar-refractivity contribution in [3.63, 3.8) is 0 Å². The molecule has 0 spiro atoms. The third-order valence-corrected chi connectivity index (χ3v) is 18.9. The Morgan fingerprint density at radius 1 is 0.644 bits per heavy atom. The molecule has 0 aromatic heterocycles. The van der Waals surface area contributed by atoms with Crippen LogP contribution in [0.2, 0.25) is 0 Å². The lowest BCUT2D eigenvalue weighted by molar-refractivity contribution is -0.394. The monoisotopic (exact) mass is 1050 g/mol. The molecule has 0 amide bonds. The van der Waals surface area contributed by atoms with Crippen LogP contribution in [0.25, 0.3) is 0 Å². The minimum atomic E-state index is -1.87. The summed E-state index contributed by atoms with van der Waals surface area (Å²) in [6.07, 6.45) is -20.8. The number of hydrogen-bond donors (Lipinski definition) is 13. The Morgan fingerprint density at radius 3 is 1.88 bits per heavy atom. The summed E-state index contributed by atoms with van der Waals surface area (Å²) >= 11 is 0. The van der Waals surface area contributed by atoms with E-state index in [1.54, 1.807) is 0 Å². The first-order chi connectivity index (χ1) is 34.6. The molecular formula is C51H82O22. The Bertz CT molecular complexity index is 1940. The second-order valence-corrected chi connectivity index (χ2v) is 23.3. The second-order valence-electron chi connectivity index (χ2n) is 23.3. The number of rotatable bonds is 15. The summed E-state index contributed by atoms with van der Waals surface area (Å²) in [5, 5.41) is 136. The van der Waals surface area contributed by atoms with Gasteiger partial charge in [-0.25, -0.2) is 0 Å². The fraction of sp³-hybridized carbons (Fsp3) is 0.922. The van der Waals surface area contributed by atoms with Gasteiger partial charge in [0.15, 0.2) is 25.2 Å². The van der Waals surface area contributed by atoms with E-state index in [2.05, 4.69) is 26.8 Å². The smallest absolute Gasteiger partial charge is 0.187 e. The molecule has 7 fully saturated rings. The molecule has 0 radical (unpaired) electrons. The van der Waals surface area contributed by atoms with Gasteiger partial charge in [0.1, 0.15) is 97.7 Å². The number of allylic oxidation sites excluding steroid dienone is 2. The van der Waals surface area contributed by atoms with Crippen LogP contribution in [0.4, 0.5) is 0 Å². The van der Waals surface area contributed by atoms with E-state index in [-0.39, 0.29) is 29.5 Å². The van der Waals surface area contributed by atoms with Gasteiger partial charge in [-0.05, 0) is 105 Å². The van der Waals surface area contributed by atoms with Crippen LogP contribution < -0.4 is 0 Å². The van der Waals surface area contributed by atoms with Crippen LogP contribution in [0.1, 0.15) is 92.4 Å². The fourth-order valence-electron chi connectivity index (χ4n) is 14.5. The zero-order valence-corrected chi connectivity index (χ0v) is 42.3. The number of aliphatic hydroxyl groups excluding tert-OH is 13. The summed E-state index contributed by atoms with van der Waals surface area (Å²) in [5.74, 6) is 2.70. The number of hydrogen-bond acceptors (Lipinski definition) is 22. The van der Waals surface area contributed by atoms with Gasteiger partial charge in [0, 0.05) is 12.3 Å². The standard InChI is InChI=1S/C51H82O22/c1-20(19-65-46-41(62)39(60)35(56)30(16-52)69-46)6-9-28-21(2)33-29(68-28)15-27-25-8-7-23-14-24(10-12-50(23,4)26(25)11-13-51(27,33)5)67-49-45(73-47-42(63)38(59)34(55)22(3)66-47)44(37(58)32(18-54)71-49)72-48-43(64)40(61)36(57)31(17-53)70-48/h7,20,22,24-27,29-49,52-64H,6,8-19H2,1-5H3. The summed E-state index contributed by atoms with van der Waals surface area (Å²) in [5.41, 5.74) is 2.50. The zero-order valence-electron chi connectivity index (χ0n) is 42.3. The maximum Gasteiger partial charge on any atom is 0.187 e. The van der Waals surface area contributed by atoms with Gasteiger partial charge in [0.25, 0.3) is 0 Å². The van der Waals surface area contributed by atoms with E-state index >= 15 is 0 Å². The Balaban J connectivity index is 0.867. The highest BCUT2D eigenvalue weighted by Crippen LogP contribution is 2.69. The summed E-state index contributed by atoms with van der Waals surface area (Å²) in [6, 6.07) is 0. The van der Waals surface area contributed by atoms with Gasteiger partial charge in [-0.3, -0.25) is 0 Å². The minimum Gasteiger partial charge on any atom is -0.494 e. The van der Waals surface area contributed by atoms with Crippen molar-refractivity contribution in [3.05, 3.63) is 23.0 Å². The van der Waals surface area contributed by atoms with Gasteiger partial charge >= 0.3 is 0 Å². The van der Waals surface area contributed by atoms with Gasteiger partial charge < -0.3 is 109 Å². The molecule has 0 aromatic carbocycles. The molecule has 0 bridgehead atoms. The van der Waals surface area contributed by atoms with Crippen molar-refractivity contribution in [2.24, 2.45) is 40.4 Å². The molecule has 9 rings (SSSR count). The maximum atomic E-state index is 11.6. The fourth-order valence-corrected chi connectivity index (χ4v) is 14.5. The van der Waals surface area contributed by atoms with E-state index in [1.807, 2.05) is 6.92 Å². The van der Waals surface area contributed by atoms with E-state index in [0.717, 1.165) is 50.7 Å². The first kappa shape index (κ1) is 56.2. The summed E-state index contributed by atoms with van der Waals surface area (Å²) in [4.78, 5) is 0. The van der Waals surface area contributed by atoms with E-state index in [0.29, 0.717) is 36.5 Å². The lowest BCUT2D eigenvalue weighted by Crippen LogP contribution is -2.67. The van der Waals surface area contributed by atoms with Crippen LogP contribution in [-0.2, 0) is 42.6 Å². The minimum absolute atomic E-state index is 0.0500. The van der Waals surface area contributed by atoms with Gasteiger partial charge in [0.05, 0.1) is 44.4 Å². The SMILES string of the molecule is CC1=C(CCC(C)COC2OC(CO)C(O)C(O)C2O)OC2CC3C4CC=C5CC(OC6OC(CO)C(O)C(OC7OC(CO)C(O)C(O)C7O)C6OC6OC(C)C(O)C(O)C6O)CCC5(C)C4CCC3(C)C12. The first-order valence-corrected chi connectivity index (χ1v) is 26.5. The molecule has 22 heteroatoms. The lowest BCUT2D eigenvalue weighted by Gasteiger charge is -2.58. The third-order valence-electron chi connectivity index (χ3n) is 18.9. The number of aliphatic hydroxyl groups is 13. The van der Waals surface area contributed by atoms with Crippen molar-refractivity contribution in [1.82, 2.24) is 0 Å². The average Bonchev–Trinajstić information content (AvgIpc) is 3.86. The van der Waals surface area contributed by atoms with E-state index < -0.39 is 149 Å². The molecule has 29 unspecified atom stereocenters. The highest BCUT2D eigenvalue weighted by atomic mass is 16.8. The Labute approximate surface area is 425 Å². The Kier molecular flexibility index (Phi) is 17.2. The van der Waals surface area contributed by atoms with Crippen LogP contribution in [0.3, 0.4) is 0 Å². The predicted molar refractivity (Wildman–Crippen MR) is 249 cm³/mol. The zero-order chi connectivity index (χ0) is 52.6.